The average molecular weight is 286 g/mol. The smallest absolute Gasteiger partial charge is 0.124 e. The Balaban J connectivity index is 1.78. The summed E-state index contributed by atoms with van der Waals surface area (Å²) in [6.07, 6.45) is 6.75. The molecule has 2 nitrogen and oxygen atoms in total. The molecule has 112 valence electrons. The van der Waals surface area contributed by atoms with Gasteiger partial charge in [-0.2, -0.15) is 0 Å². The van der Waals surface area contributed by atoms with E-state index in [9.17, 15) is 4.39 Å². The number of nitrogens with zero attached hydrogens (tertiary/aromatic N) is 1. The normalized spacial score (nSPS) is 25.2. The highest BCUT2D eigenvalue weighted by Gasteiger charge is 2.35. The Morgan fingerprint density at radius 3 is 2.95 bits per heavy atom. The number of nitrogens with two attached hydrogens (primary N) is 1. The molecule has 2 unspecified atom stereocenters. The van der Waals surface area contributed by atoms with E-state index in [0.717, 1.165) is 36.2 Å². The Bertz CT molecular complexity index is 558. The largest absolute Gasteiger partial charge is 0.320 e. The minimum Gasteiger partial charge on any atom is -0.320 e. The molecule has 1 aliphatic heterocycles. The second-order valence-electron chi connectivity index (χ2n) is 6.18. The van der Waals surface area contributed by atoms with Gasteiger partial charge in [0.1, 0.15) is 5.82 Å². The summed E-state index contributed by atoms with van der Waals surface area (Å²) in [5.41, 5.74) is 7.36. The summed E-state index contributed by atoms with van der Waals surface area (Å²) in [5, 5.41) is 0. The zero-order valence-corrected chi connectivity index (χ0v) is 12.4. The van der Waals surface area contributed by atoms with E-state index >= 15 is 0 Å². The number of benzene rings is 1. The van der Waals surface area contributed by atoms with Gasteiger partial charge < -0.3 is 5.73 Å². The number of hydrogen-bond donors (Lipinski definition) is 1. The number of hydrogen-bond acceptors (Lipinski definition) is 2. The van der Waals surface area contributed by atoms with E-state index in [-0.39, 0.29) is 5.82 Å². The van der Waals surface area contributed by atoms with Crippen LogP contribution in [0, 0.1) is 23.6 Å². The van der Waals surface area contributed by atoms with E-state index < -0.39 is 0 Å². The second-order valence-corrected chi connectivity index (χ2v) is 6.18. The summed E-state index contributed by atoms with van der Waals surface area (Å²) in [6, 6.07) is 5.68. The van der Waals surface area contributed by atoms with Crippen LogP contribution in [0.4, 0.5) is 4.39 Å². The van der Waals surface area contributed by atoms with E-state index in [1.54, 1.807) is 0 Å². The zero-order chi connectivity index (χ0) is 14.7. The molecule has 3 rings (SSSR count). The Labute approximate surface area is 126 Å². The third-order valence-corrected chi connectivity index (χ3v) is 4.90. The predicted molar refractivity (Wildman–Crippen MR) is 83.1 cm³/mol. The van der Waals surface area contributed by atoms with E-state index in [2.05, 4.69) is 16.7 Å². The van der Waals surface area contributed by atoms with E-state index in [4.69, 9.17) is 5.73 Å². The van der Waals surface area contributed by atoms with Crippen molar-refractivity contribution in [1.29, 1.82) is 0 Å². The van der Waals surface area contributed by atoms with Crippen molar-refractivity contribution >= 4 is 0 Å². The maximum atomic E-state index is 13.4. The van der Waals surface area contributed by atoms with Crippen LogP contribution in [0.2, 0.25) is 0 Å². The number of rotatable bonds is 2. The van der Waals surface area contributed by atoms with E-state index in [1.165, 1.54) is 44.2 Å². The van der Waals surface area contributed by atoms with Gasteiger partial charge in [0.15, 0.2) is 0 Å². The molecule has 21 heavy (non-hydrogen) atoms. The fraction of sp³-hybridized carbons (Fsp3) is 0.556. The maximum absolute atomic E-state index is 13.4. The lowest BCUT2D eigenvalue weighted by Gasteiger charge is -2.32. The monoisotopic (exact) mass is 286 g/mol. The molecular weight excluding hydrogens is 263 g/mol. The van der Waals surface area contributed by atoms with Gasteiger partial charge in [-0.15, -0.1) is 0 Å². The summed E-state index contributed by atoms with van der Waals surface area (Å²) in [4.78, 5) is 2.57. The Morgan fingerprint density at radius 2 is 2.10 bits per heavy atom. The summed E-state index contributed by atoms with van der Waals surface area (Å²) >= 11 is 0. The van der Waals surface area contributed by atoms with Gasteiger partial charge in [-0.1, -0.05) is 30.7 Å². The maximum Gasteiger partial charge on any atom is 0.124 e. The van der Waals surface area contributed by atoms with Gasteiger partial charge in [0, 0.05) is 18.2 Å². The summed E-state index contributed by atoms with van der Waals surface area (Å²) in [6.45, 7) is 2.36. The average Bonchev–Trinajstić information content (AvgIpc) is 2.91. The lowest BCUT2D eigenvalue weighted by molar-refractivity contribution is 0.176. The standard InChI is InChI=1S/C18H23FN2/c19-17-8-7-16(15(12-17)5-3-10-20)13-21-11-9-14-4-1-2-6-18(14)21/h7-8,12,14,18H,1-2,4,6,9-11,13,20H2. The van der Waals surface area contributed by atoms with Crippen molar-refractivity contribution < 1.29 is 4.39 Å². The SMILES string of the molecule is NCC#Cc1cc(F)ccc1CN1CCC2CCCCC21. The topological polar surface area (TPSA) is 29.3 Å². The van der Waals surface area contributed by atoms with Crippen LogP contribution in [-0.2, 0) is 6.54 Å². The van der Waals surface area contributed by atoms with E-state index in [1.807, 2.05) is 6.07 Å². The molecule has 1 saturated heterocycles. The zero-order valence-electron chi connectivity index (χ0n) is 12.4. The van der Waals surface area contributed by atoms with Crippen molar-refractivity contribution in [3.63, 3.8) is 0 Å². The molecular formula is C18H23FN2. The first-order valence-corrected chi connectivity index (χ1v) is 7.99. The molecule has 1 heterocycles. The van der Waals surface area contributed by atoms with Gasteiger partial charge in [-0.05, 0) is 49.4 Å². The summed E-state index contributed by atoms with van der Waals surface area (Å²) in [5.74, 6) is 6.51. The van der Waals surface area contributed by atoms with Gasteiger partial charge in [0.2, 0.25) is 0 Å². The Kier molecular flexibility index (Phi) is 4.57. The van der Waals surface area contributed by atoms with Crippen molar-refractivity contribution in [3.05, 3.63) is 35.1 Å². The molecule has 1 aromatic rings. The number of fused-ring (bicyclic) bond motifs is 1. The molecule has 2 N–H and O–H groups in total. The Hall–Kier alpha value is -1.37. The van der Waals surface area contributed by atoms with Crippen LogP contribution < -0.4 is 5.73 Å². The van der Waals surface area contributed by atoms with Crippen molar-refractivity contribution in [2.24, 2.45) is 11.7 Å². The molecule has 0 amide bonds. The highest BCUT2D eigenvalue weighted by Crippen LogP contribution is 2.37. The first-order chi connectivity index (χ1) is 10.3. The van der Waals surface area contributed by atoms with E-state index in [0.29, 0.717) is 6.54 Å². The first-order valence-electron chi connectivity index (χ1n) is 7.99. The molecule has 0 bridgehead atoms. The molecule has 3 heteroatoms. The summed E-state index contributed by atoms with van der Waals surface area (Å²) < 4.78 is 13.4. The van der Waals surface area contributed by atoms with Crippen molar-refractivity contribution in [3.8, 4) is 11.8 Å². The minimum absolute atomic E-state index is 0.225. The van der Waals surface area contributed by atoms with Gasteiger partial charge in [0.05, 0.1) is 6.54 Å². The first kappa shape index (κ1) is 14.6. The minimum atomic E-state index is -0.225. The number of likely N-dealkylation sites (tertiary alicyclic amines) is 1. The van der Waals surface area contributed by atoms with Crippen molar-refractivity contribution in [1.82, 2.24) is 4.90 Å². The molecule has 2 fully saturated rings. The van der Waals surface area contributed by atoms with Crippen LogP contribution >= 0.6 is 0 Å². The number of halogens is 1. The molecule has 0 spiro atoms. The lowest BCUT2D eigenvalue weighted by Crippen LogP contribution is -2.34. The molecule has 1 aliphatic carbocycles. The van der Waals surface area contributed by atoms with Crippen molar-refractivity contribution in [2.75, 3.05) is 13.1 Å². The summed E-state index contributed by atoms with van der Waals surface area (Å²) in [7, 11) is 0. The molecule has 2 atom stereocenters. The van der Waals surface area contributed by atoms with Crippen LogP contribution in [-0.4, -0.2) is 24.0 Å². The predicted octanol–water partition coefficient (Wildman–Crippen LogP) is 2.90. The van der Waals surface area contributed by atoms with Crippen molar-refractivity contribution in [2.45, 2.75) is 44.7 Å². The van der Waals surface area contributed by atoms with Crippen LogP contribution in [0.3, 0.4) is 0 Å². The van der Waals surface area contributed by atoms with Crippen LogP contribution in [0.1, 0.15) is 43.2 Å². The van der Waals surface area contributed by atoms with Crippen LogP contribution in [0.15, 0.2) is 18.2 Å². The van der Waals surface area contributed by atoms with Crippen LogP contribution in [0.25, 0.3) is 0 Å². The molecule has 0 aromatic heterocycles. The third-order valence-electron chi connectivity index (χ3n) is 4.90. The highest BCUT2D eigenvalue weighted by atomic mass is 19.1. The van der Waals surface area contributed by atoms with Gasteiger partial charge >= 0.3 is 0 Å². The lowest BCUT2D eigenvalue weighted by atomic mass is 9.85. The molecule has 2 aliphatic rings. The second kappa shape index (κ2) is 6.60. The molecule has 0 radical (unpaired) electrons. The third kappa shape index (κ3) is 3.28. The van der Waals surface area contributed by atoms with Gasteiger partial charge in [-0.25, -0.2) is 4.39 Å². The molecule has 1 saturated carbocycles. The quantitative estimate of drug-likeness (QED) is 0.847. The molecule has 1 aromatic carbocycles. The van der Waals surface area contributed by atoms with Gasteiger partial charge in [-0.3, -0.25) is 4.90 Å². The highest BCUT2D eigenvalue weighted by molar-refractivity contribution is 5.42. The fourth-order valence-corrected chi connectivity index (χ4v) is 3.87. The van der Waals surface area contributed by atoms with Crippen LogP contribution in [0.5, 0.6) is 0 Å². The Morgan fingerprint density at radius 1 is 1.24 bits per heavy atom. The van der Waals surface area contributed by atoms with Gasteiger partial charge in [0.25, 0.3) is 0 Å². The fourth-order valence-electron chi connectivity index (χ4n) is 3.87.